The van der Waals surface area contributed by atoms with Crippen LogP contribution in [0.3, 0.4) is 0 Å². The first-order chi connectivity index (χ1) is 13.8. The van der Waals surface area contributed by atoms with Crippen LogP contribution in [0.25, 0.3) is 0 Å². The fraction of sp³-hybridized carbons (Fsp3) is 0.435. The second-order valence-corrected chi connectivity index (χ2v) is 7.28. The van der Waals surface area contributed by atoms with Gasteiger partial charge >= 0.3 is 0 Å². The van der Waals surface area contributed by atoms with Crippen molar-refractivity contribution < 1.29 is 4.74 Å². The fourth-order valence-corrected chi connectivity index (χ4v) is 3.62. The summed E-state index contributed by atoms with van der Waals surface area (Å²) in [5.74, 6) is 1.80. The Morgan fingerprint density at radius 2 is 1.82 bits per heavy atom. The smallest absolute Gasteiger partial charge is 0.191 e. The highest BCUT2D eigenvalue weighted by Gasteiger charge is 2.19. The monoisotopic (exact) mass is 380 g/mol. The summed E-state index contributed by atoms with van der Waals surface area (Å²) >= 11 is 0. The zero-order chi connectivity index (χ0) is 19.6. The predicted octanol–water partition coefficient (Wildman–Crippen LogP) is 3.07. The number of hydrogen-bond acceptors (Lipinski definition) is 3. The van der Waals surface area contributed by atoms with Gasteiger partial charge in [-0.2, -0.15) is 0 Å². The number of aliphatic imine (C=N–C) groups is 1. The molecule has 1 heterocycles. The molecule has 1 fully saturated rings. The van der Waals surface area contributed by atoms with Crippen LogP contribution in [-0.2, 0) is 13.0 Å². The molecule has 0 spiro atoms. The van der Waals surface area contributed by atoms with E-state index < -0.39 is 0 Å². The summed E-state index contributed by atoms with van der Waals surface area (Å²) in [5, 5.41) is 7.02. The van der Waals surface area contributed by atoms with Gasteiger partial charge in [-0.15, -0.1) is 0 Å². The quantitative estimate of drug-likeness (QED) is 0.573. The van der Waals surface area contributed by atoms with E-state index in [1.54, 1.807) is 7.11 Å². The predicted molar refractivity (Wildman–Crippen MR) is 116 cm³/mol. The first-order valence-corrected chi connectivity index (χ1v) is 10.1. The molecule has 28 heavy (non-hydrogen) atoms. The van der Waals surface area contributed by atoms with Crippen molar-refractivity contribution in [2.75, 3.05) is 33.8 Å². The van der Waals surface area contributed by atoms with Gasteiger partial charge in [-0.3, -0.25) is 9.89 Å². The van der Waals surface area contributed by atoms with E-state index >= 15 is 0 Å². The van der Waals surface area contributed by atoms with Gasteiger partial charge in [0.15, 0.2) is 5.96 Å². The largest absolute Gasteiger partial charge is 0.497 e. The number of nitrogens with one attached hydrogen (secondary N) is 2. The molecule has 0 saturated carbocycles. The second kappa shape index (κ2) is 10.7. The molecule has 0 aliphatic carbocycles. The van der Waals surface area contributed by atoms with E-state index in [2.05, 4.69) is 63.0 Å². The Morgan fingerprint density at radius 3 is 2.54 bits per heavy atom. The summed E-state index contributed by atoms with van der Waals surface area (Å²) < 4.78 is 5.29. The molecule has 0 unspecified atom stereocenters. The van der Waals surface area contributed by atoms with Crippen LogP contribution in [0.15, 0.2) is 59.6 Å². The zero-order valence-electron chi connectivity index (χ0n) is 17.0. The molecule has 2 aromatic carbocycles. The maximum Gasteiger partial charge on any atom is 0.191 e. The fourth-order valence-electron chi connectivity index (χ4n) is 3.62. The van der Waals surface area contributed by atoms with Crippen molar-refractivity contribution in [3.05, 3.63) is 65.7 Å². The van der Waals surface area contributed by atoms with Gasteiger partial charge in [-0.25, -0.2) is 0 Å². The molecule has 2 N–H and O–H groups in total. The number of benzene rings is 2. The minimum atomic E-state index is 0.482. The van der Waals surface area contributed by atoms with E-state index in [-0.39, 0.29) is 0 Å². The number of likely N-dealkylation sites (tertiary alicyclic amines) is 1. The van der Waals surface area contributed by atoms with Gasteiger partial charge in [0.1, 0.15) is 5.75 Å². The van der Waals surface area contributed by atoms with Gasteiger partial charge in [0.2, 0.25) is 0 Å². The molecule has 1 saturated heterocycles. The molecular weight excluding hydrogens is 348 g/mol. The second-order valence-electron chi connectivity index (χ2n) is 7.28. The molecule has 0 atom stereocenters. The topological polar surface area (TPSA) is 48.9 Å². The Morgan fingerprint density at radius 1 is 1.07 bits per heavy atom. The third-order valence-corrected chi connectivity index (χ3v) is 5.24. The lowest BCUT2D eigenvalue weighted by Crippen LogP contribution is -2.48. The maximum absolute atomic E-state index is 5.29. The van der Waals surface area contributed by atoms with Crippen LogP contribution in [0.2, 0.25) is 0 Å². The van der Waals surface area contributed by atoms with Crippen molar-refractivity contribution in [1.82, 2.24) is 15.5 Å². The summed E-state index contributed by atoms with van der Waals surface area (Å²) in [4.78, 5) is 6.92. The lowest BCUT2D eigenvalue weighted by molar-refractivity contribution is 0.198. The Labute approximate surface area is 168 Å². The van der Waals surface area contributed by atoms with E-state index in [0.29, 0.717) is 6.04 Å². The SMILES string of the molecule is CN=C(NCCc1cccc(OC)c1)NC1CCN(Cc2ccccc2)CC1. The van der Waals surface area contributed by atoms with Gasteiger partial charge in [0.05, 0.1) is 7.11 Å². The molecular formula is C23H32N4O. The van der Waals surface area contributed by atoms with Crippen LogP contribution >= 0.6 is 0 Å². The highest BCUT2D eigenvalue weighted by molar-refractivity contribution is 5.79. The van der Waals surface area contributed by atoms with Crippen LogP contribution in [-0.4, -0.2) is 50.7 Å². The molecule has 0 bridgehead atoms. The normalized spacial score (nSPS) is 16.0. The number of ether oxygens (including phenoxy) is 1. The Balaban J connectivity index is 1.38. The molecule has 0 aromatic heterocycles. The number of methoxy groups -OCH3 is 1. The van der Waals surface area contributed by atoms with E-state index in [9.17, 15) is 0 Å². The zero-order valence-corrected chi connectivity index (χ0v) is 17.0. The molecule has 2 aromatic rings. The van der Waals surface area contributed by atoms with Crippen molar-refractivity contribution >= 4 is 5.96 Å². The van der Waals surface area contributed by atoms with Crippen LogP contribution in [0.1, 0.15) is 24.0 Å². The summed E-state index contributed by atoms with van der Waals surface area (Å²) in [6, 6.07) is 19.4. The molecule has 1 aliphatic rings. The lowest BCUT2D eigenvalue weighted by Gasteiger charge is -2.33. The maximum atomic E-state index is 5.29. The van der Waals surface area contributed by atoms with Crippen molar-refractivity contribution in [3.63, 3.8) is 0 Å². The Kier molecular flexibility index (Phi) is 7.73. The van der Waals surface area contributed by atoms with Crippen LogP contribution < -0.4 is 15.4 Å². The minimum absolute atomic E-state index is 0.482. The molecule has 1 aliphatic heterocycles. The highest BCUT2D eigenvalue weighted by Crippen LogP contribution is 2.14. The average Bonchev–Trinajstić information content (AvgIpc) is 2.75. The molecule has 0 radical (unpaired) electrons. The Bertz CT molecular complexity index is 739. The summed E-state index contributed by atoms with van der Waals surface area (Å²) in [7, 11) is 3.54. The van der Waals surface area contributed by atoms with Gasteiger partial charge in [0, 0.05) is 39.3 Å². The molecule has 150 valence electrons. The van der Waals surface area contributed by atoms with E-state index in [0.717, 1.165) is 57.2 Å². The first-order valence-electron chi connectivity index (χ1n) is 10.1. The number of hydrogen-bond donors (Lipinski definition) is 2. The molecule has 0 amide bonds. The van der Waals surface area contributed by atoms with Crippen molar-refractivity contribution in [2.45, 2.75) is 31.8 Å². The summed E-state index contributed by atoms with van der Waals surface area (Å²) in [5.41, 5.74) is 2.65. The number of nitrogens with zero attached hydrogens (tertiary/aromatic N) is 2. The standard InChI is InChI=1S/C23H32N4O/c1-24-23(25-14-11-19-9-6-10-22(17-19)28-2)26-21-12-15-27(16-13-21)18-20-7-4-3-5-8-20/h3-10,17,21H,11-16,18H2,1-2H3,(H2,24,25,26). The Hall–Kier alpha value is -2.53. The summed E-state index contributed by atoms with van der Waals surface area (Å²) in [6.07, 6.45) is 3.22. The molecule has 3 rings (SSSR count). The van der Waals surface area contributed by atoms with E-state index in [1.165, 1.54) is 11.1 Å². The van der Waals surface area contributed by atoms with E-state index in [4.69, 9.17) is 4.74 Å². The van der Waals surface area contributed by atoms with Gasteiger partial charge < -0.3 is 15.4 Å². The first kappa shape index (κ1) is 20.2. The average molecular weight is 381 g/mol. The van der Waals surface area contributed by atoms with Crippen molar-refractivity contribution in [1.29, 1.82) is 0 Å². The van der Waals surface area contributed by atoms with Crippen molar-refractivity contribution in [2.24, 2.45) is 4.99 Å². The number of guanidine groups is 1. The molecule has 5 nitrogen and oxygen atoms in total. The van der Waals surface area contributed by atoms with Crippen LogP contribution in [0.4, 0.5) is 0 Å². The van der Waals surface area contributed by atoms with Gasteiger partial charge in [-0.1, -0.05) is 42.5 Å². The van der Waals surface area contributed by atoms with Crippen LogP contribution in [0.5, 0.6) is 5.75 Å². The number of piperidine rings is 1. The molecule has 5 heteroatoms. The van der Waals surface area contributed by atoms with Gasteiger partial charge in [-0.05, 0) is 42.5 Å². The lowest BCUT2D eigenvalue weighted by atomic mass is 10.0. The third kappa shape index (κ3) is 6.27. The highest BCUT2D eigenvalue weighted by atomic mass is 16.5. The van der Waals surface area contributed by atoms with Crippen molar-refractivity contribution in [3.8, 4) is 5.75 Å². The minimum Gasteiger partial charge on any atom is -0.497 e. The number of rotatable bonds is 7. The van der Waals surface area contributed by atoms with E-state index in [1.807, 2.05) is 19.2 Å². The van der Waals surface area contributed by atoms with Crippen LogP contribution in [0, 0.1) is 0 Å². The van der Waals surface area contributed by atoms with Gasteiger partial charge in [0.25, 0.3) is 0 Å². The summed E-state index contributed by atoms with van der Waals surface area (Å²) in [6.45, 7) is 4.13. The third-order valence-electron chi connectivity index (χ3n) is 5.24.